The highest BCUT2D eigenvalue weighted by Crippen LogP contribution is 2.18. The molecule has 0 atom stereocenters. The first-order valence-corrected chi connectivity index (χ1v) is 8.42. The zero-order valence-electron chi connectivity index (χ0n) is 15.1. The van der Waals surface area contributed by atoms with Crippen molar-refractivity contribution in [3.63, 3.8) is 0 Å². The molecule has 132 valence electrons. The minimum Gasteiger partial charge on any atom is -0.388 e. The topological polar surface area (TPSA) is 102 Å². The molecule has 0 saturated carbocycles. The molecule has 0 fully saturated rings. The van der Waals surface area contributed by atoms with Crippen LogP contribution in [0.5, 0.6) is 0 Å². The van der Waals surface area contributed by atoms with Crippen molar-refractivity contribution < 1.29 is 0 Å². The molecule has 1 aromatic carbocycles. The molecule has 2 aromatic heterocycles. The van der Waals surface area contributed by atoms with Gasteiger partial charge in [0.05, 0.1) is 0 Å². The lowest BCUT2D eigenvalue weighted by molar-refractivity contribution is 0.887. The third-order valence-electron chi connectivity index (χ3n) is 4.14. The van der Waals surface area contributed by atoms with Crippen molar-refractivity contribution in [2.45, 2.75) is 26.7 Å². The van der Waals surface area contributed by atoms with E-state index in [-0.39, 0.29) is 0 Å². The maximum absolute atomic E-state index is 9.00. The van der Waals surface area contributed by atoms with Crippen LogP contribution in [0.15, 0.2) is 30.3 Å². The van der Waals surface area contributed by atoms with Crippen LogP contribution in [0.2, 0.25) is 0 Å². The molecule has 26 heavy (non-hydrogen) atoms. The van der Waals surface area contributed by atoms with E-state index in [1.807, 2.05) is 19.2 Å². The highest BCUT2D eigenvalue weighted by Gasteiger charge is 2.07. The molecule has 0 unspecified atom stereocenters. The van der Waals surface area contributed by atoms with Gasteiger partial charge in [0, 0.05) is 30.6 Å². The summed E-state index contributed by atoms with van der Waals surface area (Å²) in [5.41, 5.74) is 5.07. The fourth-order valence-corrected chi connectivity index (χ4v) is 2.74. The summed E-state index contributed by atoms with van der Waals surface area (Å²) in [5, 5.41) is 22.6. The second kappa shape index (κ2) is 7.66. The average molecular weight is 347 g/mol. The number of hydrogen-bond acceptors (Lipinski definition) is 6. The van der Waals surface area contributed by atoms with E-state index in [2.05, 4.69) is 55.9 Å². The summed E-state index contributed by atoms with van der Waals surface area (Å²) in [4.78, 5) is 8.32. The number of benzene rings is 1. The van der Waals surface area contributed by atoms with E-state index in [1.165, 1.54) is 11.1 Å². The smallest absolute Gasteiger partial charge is 0.153 e. The Morgan fingerprint density at radius 2 is 1.92 bits per heavy atom. The van der Waals surface area contributed by atoms with Crippen LogP contribution < -0.4 is 10.6 Å². The first kappa shape index (κ1) is 17.4. The van der Waals surface area contributed by atoms with Gasteiger partial charge in [-0.1, -0.05) is 6.07 Å². The first-order valence-electron chi connectivity index (χ1n) is 8.42. The summed E-state index contributed by atoms with van der Waals surface area (Å²) in [7, 11) is 1.92. The van der Waals surface area contributed by atoms with Crippen LogP contribution in [-0.4, -0.2) is 27.2 Å². The lowest BCUT2D eigenvalue weighted by Gasteiger charge is -2.08. The van der Waals surface area contributed by atoms with Gasteiger partial charge in [-0.25, -0.2) is 9.97 Å². The van der Waals surface area contributed by atoms with Gasteiger partial charge in [-0.2, -0.15) is 10.4 Å². The second-order valence-electron chi connectivity index (χ2n) is 6.09. The fraction of sp³-hybridized carbons (Fsp3) is 0.263. The molecule has 0 radical (unpaired) electrons. The summed E-state index contributed by atoms with van der Waals surface area (Å²) < 4.78 is 0. The highest BCUT2D eigenvalue weighted by molar-refractivity contribution is 5.53. The molecule has 3 N–H and O–H groups in total. The van der Waals surface area contributed by atoms with Crippen molar-refractivity contribution in [1.29, 1.82) is 5.26 Å². The van der Waals surface area contributed by atoms with Crippen LogP contribution in [0.25, 0.3) is 0 Å². The number of aromatic nitrogens is 4. The van der Waals surface area contributed by atoms with Gasteiger partial charge in [0.25, 0.3) is 0 Å². The molecular formula is C19H21N7. The molecule has 0 aliphatic heterocycles. The first-order chi connectivity index (χ1) is 12.6. The zero-order valence-corrected chi connectivity index (χ0v) is 15.1. The van der Waals surface area contributed by atoms with Crippen LogP contribution in [-0.2, 0) is 12.8 Å². The van der Waals surface area contributed by atoms with E-state index in [0.717, 1.165) is 24.2 Å². The summed E-state index contributed by atoms with van der Waals surface area (Å²) in [5.74, 6) is 1.77. The van der Waals surface area contributed by atoms with Crippen molar-refractivity contribution in [2.75, 3.05) is 17.7 Å². The molecule has 0 spiro atoms. The Morgan fingerprint density at radius 3 is 2.69 bits per heavy atom. The maximum Gasteiger partial charge on any atom is 0.153 e. The molecular weight excluding hydrogens is 326 g/mol. The highest BCUT2D eigenvalue weighted by atomic mass is 15.2. The Labute approximate surface area is 152 Å². The van der Waals surface area contributed by atoms with E-state index in [0.29, 0.717) is 23.2 Å². The van der Waals surface area contributed by atoms with Gasteiger partial charge in [-0.05, 0) is 49.9 Å². The number of aryl methyl sites for hydroxylation is 4. The van der Waals surface area contributed by atoms with Gasteiger partial charge in [-0.3, -0.25) is 5.10 Å². The zero-order chi connectivity index (χ0) is 18.5. The van der Waals surface area contributed by atoms with Crippen LogP contribution >= 0.6 is 0 Å². The van der Waals surface area contributed by atoms with Crippen LogP contribution in [0.3, 0.4) is 0 Å². The Hall–Kier alpha value is -3.40. The van der Waals surface area contributed by atoms with Gasteiger partial charge in [0.2, 0.25) is 0 Å². The third-order valence-corrected chi connectivity index (χ3v) is 4.14. The Bertz CT molecular complexity index is 953. The van der Waals surface area contributed by atoms with Gasteiger partial charge in [0.1, 0.15) is 23.4 Å². The fourth-order valence-electron chi connectivity index (χ4n) is 2.74. The molecule has 0 aliphatic rings. The molecule has 7 nitrogen and oxygen atoms in total. The normalized spacial score (nSPS) is 10.4. The monoisotopic (exact) mass is 347 g/mol. The van der Waals surface area contributed by atoms with Crippen molar-refractivity contribution in [2.24, 2.45) is 0 Å². The molecule has 0 aliphatic carbocycles. The molecule has 7 heteroatoms. The lowest BCUT2D eigenvalue weighted by Crippen LogP contribution is -1.99. The Balaban J connectivity index is 1.67. The van der Waals surface area contributed by atoms with E-state index >= 15 is 0 Å². The third kappa shape index (κ3) is 4.16. The van der Waals surface area contributed by atoms with Crippen molar-refractivity contribution >= 4 is 17.3 Å². The number of nitriles is 1. The van der Waals surface area contributed by atoms with E-state index < -0.39 is 0 Å². The SMILES string of the molecule is CNc1ccc(C)c(CCc2cc(Nc3cc(C#N)nc(C)n3)n[nH]2)c1. The van der Waals surface area contributed by atoms with Gasteiger partial charge < -0.3 is 10.6 Å². The Morgan fingerprint density at radius 1 is 1.08 bits per heavy atom. The van der Waals surface area contributed by atoms with Crippen LogP contribution in [0.1, 0.15) is 28.3 Å². The molecule has 2 heterocycles. The number of nitrogens with one attached hydrogen (secondary N) is 3. The summed E-state index contributed by atoms with van der Waals surface area (Å²) in [6.45, 7) is 3.88. The molecule has 3 rings (SSSR count). The minimum atomic E-state index is 0.329. The predicted molar refractivity (Wildman–Crippen MR) is 101 cm³/mol. The number of aromatic amines is 1. The second-order valence-corrected chi connectivity index (χ2v) is 6.09. The maximum atomic E-state index is 9.00. The largest absolute Gasteiger partial charge is 0.388 e. The van der Waals surface area contributed by atoms with E-state index in [4.69, 9.17) is 5.26 Å². The van der Waals surface area contributed by atoms with Crippen LogP contribution in [0, 0.1) is 25.2 Å². The minimum absolute atomic E-state index is 0.329. The van der Waals surface area contributed by atoms with Crippen molar-refractivity contribution in [3.05, 3.63) is 58.7 Å². The predicted octanol–water partition coefficient (Wildman–Crippen LogP) is 3.26. The van der Waals surface area contributed by atoms with Gasteiger partial charge >= 0.3 is 0 Å². The Kier molecular flexibility index (Phi) is 5.13. The average Bonchev–Trinajstić information content (AvgIpc) is 3.07. The molecule has 3 aromatic rings. The summed E-state index contributed by atoms with van der Waals surface area (Å²) >= 11 is 0. The molecule has 0 amide bonds. The number of nitrogens with zero attached hydrogens (tertiary/aromatic N) is 4. The number of hydrogen-bond donors (Lipinski definition) is 3. The van der Waals surface area contributed by atoms with Crippen LogP contribution in [0.4, 0.5) is 17.3 Å². The standard InChI is InChI=1S/C19H21N7/c1-12-4-6-15(21-3)8-14(12)5-7-16-9-19(26-25-16)24-18-10-17(11-20)22-13(2)23-18/h4,6,8-10,21H,5,7H2,1-3H3,(H2,22,23,24,25,26). The number of rotatable bonds is 6. The van der Waals surface area contributed by atoms with Crippen molar-refractivity contribution in [1.82, 2.24) is 20.2 Å². The number of H-pyrrole nitrogens is 1. The molecule has 0 bridgehead atoms. The quantitative estimate of drug-likeness (QED) is 0.632. The van der Waals surface area contributed by atoms with Gasteiger partial charge in [-0.15, -0.1) is 0 Å². The van der Waals surface area contributed by atoms with Gasteiger partial charge in [0.15, 0.2) is 5.82 Å². The summed E-state index contributed by atoms with van der Waals surface area (Å²) in [6, 6.07) is 12.0. The van der Waals surface area contributed by atoms with E-state index in [9.17, 15) is 0 Å². The van der Waals surface area contributed by atoms with E-state index in [1.54, 1.807) is 13.0 Å². The van der Waals surface area contributed by atoms with Crippen molar-refractivity contribution in [3.8, 4) is 6.07 Å². The lowest BCUT2D eigenvalue weighted by atomic mass is 10.0. The summed E-state index contributed by atoms with van der Waals surface area (Å²) in [6.07, 6.45) is 1.78. The number of anilines is 3. The molecule has 0 saturated heterocycles.